The summed E-state index contributed by atoms with van der Waals surface area (Å²) in [4.78, 5) is 30.3. The summed E-state index contributed by atoms with van der Waals surface area (Å²) in [6.45, 7) is 9.06. The highest BCUT2D eigenvalue weighted by molar-refractivity contribution is 7.91. The summed E-state index contributed by atoms with van der Waals surface area (Å²) >= 11 is 0. The lowest BCUT2D eigenvalue weighted by atomic mass is 10.1. The Kier molecular flexibility index (Phi) is 6.34. The molecule has 0 saturated heterocycles. The maximum absolute atomic E-state index is 13.6. The van der Waals surface area contributed by atoms with Gasteiger partial charge in [0.25, 0.3) is 0 Å². The molecule has 0 spiro atoms. The summed E-state index contributed by atoms with van der Waals surface area (Å²) in [6, 6.07) is 13.8. The van der Waals surface area contributed by atoms with Crippen LogP contribution >= 0.6 is 0 Å². The van der Waals surface area contributed by atoms with Gasteiger partial charge in [-0.1, -0.05) is 23.8 Å². The van der Waals surface area contributed by atoms with Crippen molar-refractivity contribution in [2.45, 2.75) is 51.0 Å². The molecule has 35 heavy (non-hydrogen) atoms. The number of carbonyl (C=O) groups is 1. The lowest BCUT2D eigenvalue weighted by molar-refractivity contribution is -0.116. The minimum Gasteiger partial charge on any atom is -0.325 e. The Morgan fingerprint density at radius 3 is 2.31 bits per heavy atom. The van der Waals surface area contributed by atoms with E-state index in [2.05, 4.69) is 10.3 Å². The number of hydrogen-bond acceptors (Lipinski definition) is 5. The quantitative estimate of drug-likeness (QED) is 0.448. The molecule has 4 aromatic rings. The molecule has 8 heteroatoms. The summed E-state index contributed by atoms with van der Waals surface area (Å²) in [5.41, 5.74) is 4.50. The number of rotatable bonds is 5. The van der Waals surface area contributed by atoms with Crippen LogP contribution in [0.3, 0.4) is 0 Å². The van der Waals surface area contributed by atoms with Crippen LogP contribution < -0.4 is 10.7 Å². The Bertz CT molecular complexity index is 1650. The molecule has 180 valence electrons. The minimum atomic E-state index is -4.14. The average Bonchev–Trinajstić information content (AvgIpc) is 2.77. The second-order valence-electron chi connectivity index (χ2n) is 8.89. The molecular formula is C27H27N3O4S. The third kappa shape index (κ3) is 4.74. The smallest absolute Gasteiger partial charge is 0.244 e. The van der Waals surface area contributed by atoms with Crippen LogP contribution in [0.2, 0.25) is 0 Å². The Labute approximate surface area is 204 Å². The molecule has 0 aliphatic rings. The van der Waals surface area contributed by atoms with Crippen LogP contribution in [0.1, 0.15) is 27.9 Å². The standard InChI is InChI=1S/C27H27N3O4S/c1-16-6-11-23(19(4)12-16)35(33,34)24-14-30(27-22(26(24)32)10-8-20(5)28-27)15-25(31)29-21-9-7-17(2)18(3)13-21/h6-14H,15H2,1-5H3,(H,29,31). The first-order valence-corrected chi connectivity index (χ1v) is 12.7. The number of anilines is 1. The highest BCUT2D eigenvalue weighted by Gasteiger charge is 2.26. The molecule has 0 fully saturated rings. The Morgan fingerprint density at radius 1 is 0.886 bits per heavy atom. The van der Waals surface area contributed by atoms with Crippen molar-refractivity contribution in [2.75, 3.05) is 5.32 Å². The van der Waals surface area contributed by atoms with Gasteiger partial charge in [0.05, 0.1) is 10.3 Å². The highest BCUT2D eigenvalue weighted by Crippen LogP contribution is 2.24. The summed E-state index contributed by atoms with van der Waals surface area (Å²) in [5, 5.41) is 2.98. The van der Waals surface area contributed by atoms with Crippen LogP contribution in [0, 0.1) is 34.6 Å². The van der Waals surface area contributed by atoms with Crippen molar-refractivity contribution in [2.24, 2.45) is 0 Å². The number of pyridine rings is 2. The molecule has 2 aromatic carbocycles. The highest BCUT2D eigenvalue weighted by atomic mass is 32.2. The zero-order chi connectivity index (χ0) is 25.5. The van der Waals surface area contributed by atoms with E-state index in [9.17, 15) is 18.0 Å². The van der Waals surface area contributed by atoms with Gasteiger partial charge < -0.3 is 9.88 Å². The second kappa shape index (κ2) is 9.11. The van der Waals surface area contributed by atoms with Gasteiger partial charge in [-0.3, -0.25) is 9.59 Å². The van der Waals surface area contributed by atoms with Gasteiger partial charge in [-0.05, 0) is 81.6 Å². The predicted molar refractivity (Wildman–Crippen MR) is 137 cm³/mol. The molecule has 0 atom stereocenters. The van der Waals surface area contributed by atoms with E-state index in [-0.39, 0.29) is 33.3 Å². The van der Waals surface area contributed by atoms with E-state index in [4.69, 9.17) is 0 Å². The Morgan fingerprint density at radius 2 is 1.63 bits per heavy atom. The van der Waals surface area contributed by atoms with E-state index in [1.807, 2.05) is 39.0 Å². The average molecular weight is 490 g/mol. The first-order valence-electron chi connectivity index (χ1n) is 11.2. The van der Waals surface area contributed by atoms with Crippen molar-refractivity contribution in [3.63, 3.8) is 0 Å². The number of nitrogens with zero attached hydrogens (tertiary/aromatic N) is 2. The molecule has 4 rings (SSSR count). The SMILES string of the molecule is Cc1ccc(S(=O)(=O)c2cn(CC(=O)Nc3ccc(C)c(C)c3)c3nc(C)ccc3c2=O)c(C)c1. The number of amides is 1. The first-order chi connectivity index (χ1) is 16.5. The van der Waals surface area contributed by atoms with E-state index in [1.165, 1.54) is 16.8 Å². The third-order valence-corrected chi connectivity index (χ3v) is 7.95. The zero-order valence-electron chi connectivity index (χ0n) is 20.3. The van der Waals surface area contributed by atoms with Gasteiger partial charge in [0.15, 0.2) is 0 Å². The van der Waals surface area contributed by atoms with Gasteiger partial charge in [0.1, 0.15) is 17.1 Å². The molecule has 0 unspecified atom stereocenters. The first kappa shape index (κ1) is 24.3. The molecular weight excluding hydrogens is 462 g/mol. The fourth-order valence-electron chi connectivity index (χ4n) is 4.04. The number of nitrogens with one attached hydrogen (secondary N) is 1. The third-order valence-electron chi connectivity index (χ3n) is 6.04. The van der Waals surface area contributed by atoms with E-state index >= 15 is 0 Å². The number of benzene rings is 2. The normalized spacial score (nSPS) is 11.6. The molecule has 1 N–H and O–H groups in total. The van der Waals surface area contributed by atoms with Crippen LogP contribution in [0.15, 0.2) is 69.3 Å². The molecule has 0 radical (unpaired) electrons. The monoisotopic (exact) mass is 489 g/mol. The van der Waals surface area contributed by atoms with Crippen molar-refractivity contribution >= 4 is 32.5 Å². The van der Waals surface area contributed by atoms with Crippen molar-refractivity contribution < 1.29 is 13.2 Å². The van der Waals surface area contributed by atoms with Crippen LogP contribution in [-0.2, 0) is 21.2 Å². The number of fused-ring (bicyclic) bond motifs is 1. The van der Waals surface area contributed by atoms with Crippen molar-refractivity contribution in [1.82, 2.24) is 9.55 Å². The van der Waals surface area contributed by atoms with E-state index in [1.54, 1.807) is 38.1 Å². The fraction of sp³-hybridized carbons (Fsp3) is 0.222. The Balaban J connectivity index is 1.83. The largest absolute Gasteiger partial charge is 0.325 e. The molecule has 1 amide bonds. The summed E-state index contributed by atoms with van der Waals surface area (Å²) < 4.78 is 28.6. The number of hydrogen-bond donors (Lipinski definition) is 1. The molecule has 2 heterocycles. The molecule has 7 nitrogen and oxygen atoms in total. The van der Waals surface area contributed by atoms with Crippen molar-refractivity contribution in [3.8, 4) is 0 Å². The topological polar surface area (TPSA) is 98.1 Å². The van der Waals surface area contributed by atoms with Crippen LogP contribution in [0.4, 0.5) is 5.69 Å². The van der Waals surface area contributed by atoms with Gasteiger partial charge in [-0.15, -0.1) is 0 Å². The lowest BCUT2D eigenvalue weighted by Gasteiger charge is -2.15. The van der Waals surface area contributed by atoms with Gasteiger partial charge in [-0.25, -0.2) is 13.4 Å². The number of carbonyl (C=O) groups excluding carboxylic acids is 1. The van der Waals surface area contributed by atoms with E-state index in [0.29, 0.717) is 16.9 Å². The second-order valence-corrected chi connectivity index (χ2v) is 10.8. The molecule has 0 aliphatic heterocycles. The summed E-state index contributed by atoms with van der Waals surface area (Å²) in [6.07, 6.45) is 1.23. The van der Waals surface area contributed by atoms with E-state index in [0.717, 1.165) is 16.7 Å². The Hall–Kier alpha value is -3.78. The van der Waals surface area contributed by atoms with Gasteiger partial charge in [0.2, 0.25) is 21.2 Å². The van der Waals surface area contributed by atoms with Crippen LogP contribution in [-0.4, -0.2) is 23.9 Å². The summed E-state index contributed by atoms with van der Waals surface area (Å²) in [7, 11) is -4.14. The van der Waals surface area contributed by atoms with Gasteiger partial charge >= 0.3 is 0 Å². The van der Waals surface area contributed by atoms with Crippen LogP contribution in [0.5, 0.6) is 0 Å². The number of aryl methyl sites for hydroxylation is 5. The van der Waals surface area contributed by atoms with Gasteiger partial charge in [-0.2, -0.15) is 0 Å². The van der Waals surface area contributed by atoms with Crippen molar-refractivity contribution in [1.29, 1.82) is 0 Å². The lowest BCUT2D eigenvalue weighted by Crippen LogP contribution is -2.24. The molecule has 0 aliphatic carbocycles. The maximum Gasteiger partial charge on any atom is 0.244 e. The van der Waals surface area contributed by atoms with Crippen LogP contribution in [0.25, 0.3) is 11.0 Å². The minimum absolute atomic E-state index is 0.0609. The zero-order valence-corrected chi connectivity index (χ0v) is 21.2. The molecule has 2 aromatic heterocycles. The van der Waals surface area contributed by atoms with Gasteiger partial charge in [0, 0.05) is 17.6 Å². The molecule has 0 bridgehead atoms. The number of sulfone groups is 1. The van der Waals surface area contributed by atoms with Crippen molar-refractivity contribution in [3.05, 3.63) is 92.9 Å². The maximum atomic E-state index is 13.6. The predicted octanol–water partition coefficient (Wildman–Crippen LogP) is 4.41. The fourth-order valence-corrected chi connectivity index (χ4v) is 5.63. The summed E-state index contributed by atoms with van der Waals surface area (Å²) in [5.74, 6) is -0.364. The molecule has 0 saturated carbocycles. The number of aromatic nitrogens is 2. The van der Waals surface area contributed by atoms with E-state index < -0.39 is 15.3 Å².